The summed E-state index contributed by atoms with van der Waals surface area (Å²) in [5, 5.41) is 1.20. The molecular formula is C9H6INO2S. The Morgan fingerprint density at radius 1 is 1.14 bits per heavy atom. The third-order valence-corrected chi connectivity index (χ3v) is 3.90. The van der Waals surface area contributed by atoms with E-state index in [0.29, 0.717) is 9.29 Å². The van der Waals surface area contributed by atoms with Gasteiger partial charge >= 0.3 is 0 Å². The topological polar surface area (TPSA) is 46.5 Å². The lowest BCUT2D eigenvalue weighted by Gasteiger charge is -1.98. The first-order valence-electron chi connectivity index (χ1n) is 3.86. The zero-order chi connectivity index (χ0) is 10.2. The van der Waals surface area contributed by atoms with Gasteiger partial charge in [-0.1, -0.05) is 30.3 Å². The molecule has 1 heterocycles. The van der Waals surface area contributed by atoms with Crippen molar-refractivity contribution in [3.05, 3.63) is 41.3 Å². The van der Waals surface area contributed by atoms with Crippen LogP contribution in [0.4, 0.5) is 0 Å². The van der Waals surface area contributed by atoms with E-state index in [4.69, 9.17) is 0 Å². The highest BCUT2D eigenvalue weighted by atomic mass is 127. The molecule has 1 aromatic rings. The highest BCUT2D eigenvalue weighted by Gasteiger charge is 2.20. The summed E-state index contributed by atoms with van der Waals surface area (Å²) in [5.74, 6) is 0. The molecule has 1 aliphatic heterocycles. The van der Waals surface area contributed by atoms with Gasteiger partial charge in [-0.3, -0.25) is 0 Å². The molecule has 3 nitrogen and oxygen atoms in total. The van der Waals surface area contributed by atoms with E-state index in [2.05, 4.69) is 4.40 Å². The van der Waals surface area contributed by atoms with Crippen molar-refractivity contribution >= 4 is 41.9 Å². The Bertz CT molecular complexity index is 517. The molecule has 0 aromatic heterocycles. The average Bonchev–Trinajstić information content (AvgIpc) is 2.41. The highest BCUT2D eigenvalue weighted by molar-refractivity contribution is 14.1. The third kappa shape index (κ3) is 1.88. The minimum absolute atomic E-state index is 0.522. The van der Waals surface area contributed by atoms with Crippen molar-refractivity contribution in [3.8, 4) is 0 Å². The molecule has 0 saturated heterocycles. The standard InChI is InChI=1S/C9H6INO2S/c10-9-8(6-14(12,13)11-9)7-4-2-1-3-5-7/h1-6H. The first kappa shape index (κ1) is 9.85. The predicted molar refractivity (Wildman–Crippen MR) is 64.8 cm³/mol. The van der Waals surface area contributed by atoms with Gasteiger partial charge in [0.15, 0.2) is 0 Å². The second-order valence-corrected chi connectivity index (χ2v) is 5.26. The van der Waals surface area contributed by atoms with Gasteiger partial charge in [0.1, 0.15) is 3.72 Å². The van der Waals surface area contributed by atoms with Gasteiger partial charge in [-0.15, -0.1) is 0 Å². The van der Waals surface area contributed by atoms with Crippen molar-refractivity contribution in [3.63, 3.8) is 0 Å². The molecule has 0 radical (unpaired) electrons. The fourth-order valence-corrected chi connectivity index (χ4v) is 3.61. The van der Waals surface area contributed by atoms with Gasteiger partial charge in [0, 0.05) is 5.57 Å². The fourth-order valence-electron chi connectivity index (χ4n) is 1.19. The molecule has 0 bridgehead atoms. The minimum atomic E-state index is -3.37. The number of hydrogen-bond acceptors (Lipinski definition) is 2. The SMILES string of the molecule is O=S1(=O)C=C(c2ccccc2)C(I)=N1. The van der Waals surface area contributed by atoms with E-state index in [1.807, 2.05) is 52.9 Å². The molecule has 0 aliphatic carbocycles. The van der Waals surface area contributed by atoms with Crippen LogP contribution in [0.25, 0.3) is 5.57 Å². The molecule has 0 atom stereocenters. The summed E-state index contributed by atoms with van der Waals surface area (Å²) in [6.07, 6.45) is 0. The Morgan fingerprint density at radius 2 is 1.79 bits per heavy atom. The summed E-state index contributed by atoms with van der Waals surface area (Å²) in [5.41, 5.74) is 1.55. The summed E-state index contributed by atoms with van der Waals surface area (Å²) in [6.45, 7) is 0. The molecule has 0 N–H and O–H groups in total. The molecule has 0 saturated carbocycles. The predicted octanol–water partition coefficient (Wildman–Crippen LogP) is 2.20. The van der Waals surface area contributed by atoms with Gasteiger partial charge in [-0.25, -0.2) is 0 Å². The van der Waals surface area contributed by atoms with E-state index < -0.39 is 10.0 Å². The smallest absolute Gasteiger partial charge is 0.200 e. The van der Waals surface area contributed by atoms with Crippen molar-refractivity contribution in [2.75, 3.05) is 0 Å². The first-order chi connectivity index (χ1) is 6.58. The zero-order valence-corrected chi connectivity index (χ0v) is 9.99. The van der Waals surface area contributed by atoms with Crippen LogP contribution < -0.4 is 0 Å². The van der Waals surface area contributed by atoms with Crippen LogP contribution in [-0.2, 0) is 10.0 Å². The van der Waals surface area contributed by atoms with Crippen LogP contribution in [0.1, 0.15) is 5.56 Å². The Kier molecular flexibility index (Phi) is 2.44. The zero-order valence-electron chi connectivity index (χ0n) is 7.01. The summed E-state index contributed by atoms with van der Waals surface area (Å²) in [6, 6.07) is 9.34. The van der Waals surface area contributed by atoms with Gasteiger partial charge < -0.3 is 0 Å². The molecular weight excluding hydrogens is 313 g/mol. The molecule has 0 spiro atoms. The van der Waals surface area contributed by atoms with E-state index >= 15 is 0 Å². The number of hydrogen-bond donors (Lipinski definition) is 0. The largest absolute Gasteiger partial charge is 0.277 e. The maximum absolute atomic E-state index is 11.2. The second-order valence-electron chi connectivity index (χ2n) is 2.79. The van der Waals surface area contributed by atoms with Crippen LogP contribution in [0.15, 0.2) is 40.1 Å². The molecule has 1 aliphatic rings. The van der Waals surface area contributed by atoms with E-state index in [-0.39, 0.29) is 0 Å². The summed E-state index contributed by atoms with van der Waals surface area (Å²) < 4.78 is 26.4. The summed E-state index contributed by atoms with van der Waals surface area (Å²) >= 11 is 1.93. The third-order valence-electron chi connectivity index (χ3n) is 1.78. The van der Waals surface area contributed by atoms with Crippen LogP contribution >= 0.6 is 22.6 Å². The van der Waals surface area contributed by atoms with Crippen molar-refractivity contribution < 1.29 is 8.42 Å². The monoisotopic (exact) mass is 319 g/mol. The van der Waals surface area contributed by atoms with Crippen molar-refractivity contribution in [1.29, 1.82) is 0 Å². The van der Waals surface area contributed by atoms with Gasteiger partial charge in [0.25, 0.3) is 10.0 Å². The second kappa shape index (κ2) is 3.47. The highest BCUT2D eigenvalue weighted by Crippen LogP contribution is 2.27. The molecule has 72 valence electrons. The van der Waals surface area contributed by atoms with Crippen LogP contribution in [0.5, 0.6) is 0 Å². The van der Waals surface area contributed by atoms with Crippen LogP contribution in [0.2, 0.25) is 0 Å². The number of sulfonamides is 1. The van der Waals surface area contributed by atoms with E-state index in [0.717, 1.165) is 5.56 Å². The Morgan fingerprint density at radius 3 is 2.29 bits per heavy atom. The summed E-state index contributed by atoms with van der Waals surface area (Å²) in [4.78, 5) is 0. The fraction of sp³-hybridized carbons (Fsp3) is 0. The normalized spacial score (nSPS) is 18.9. The molecule has 5 heteroatoms. The molecule has 14 heavy (non-hydrogen) atoms. The maximum Gasteiger partial charge on any atom is 0.277 e. The van der Waals surface area contributed by atoms with E-state index in [1.54, 1.807) is 0 Å². The molecule has 0 unspecified atom stereocenters. The van der Waals surface area contributed by atoms with Gasteiger partial charge in [0.05, 0.1) is 5.41 Å². The van der Waals surface area contributed by atoms with E-state index in [1.165, 1.54) is 5.41 Å². The number of rotatable bonds is 1. The first-order valence-corrected chi connectivity index (χ1v) is 6.45. The van der Waals surface area contributed by atoms with Crippen LogP contribution in [0.3, 0.4) is 0 Å². The number of nitrogens with zero attached hydrogens (tertiary/aromatic N) is 1. The van der Waals surface area contributed by atoms with Crippen molar-refractivity contribution in [2.24, 2.45) is 4.40 Å². The maximum atomic E-state index is 11.2. The quantitative estimate of drug-likeness (QED) is 0.745. The van der Waals surface area contributed by atoms with Gasteiger partial charge in [-0.2, -0.15) is 12.8 Å². The lowest BCUT2D eigenvalue weighted by molar-refractivity contribution is 0.607. The minimum Gasteiger partial charge on any atom is -0.200 e. The van der Waals surface area contributed by atoms with Crippen LogP contribution in [0, 0.1) is 0 Å². The number of halogens is 1. The van der Waals surface area contributed by atoms with Crippen molar-refractivity contribution in [2.45, 2.75) is 0 Å². The van der Waals surface area contributed by atoms with Gasteiger partial charge in [-0.05, 0) is 28.2 Å². The summed E-state index contributed by atoms with van der Waals surface area (Å²) in [7, 11) is -3.37. The van der Waals surface area contributed by atoms with Crippen LogP contribution in [-0.4, -0.2) is 12.1 Å². The number of allylic oxidation sites excluding steroid dienone is 1. The Balaban J connectivity index is 2.55. The molecule has 2 rings (SSSR count). The number of benzene rings is 1. The molecule has 1 aromatic carbocycles. The molecule has 0 fully saturated rings. The van der Waals surface area contributed by atoms with Gasteiger partial charge in [0.2, 0.25) is 0 Å². The Hall–Kier alpha value is -0.690. The van der Waals surface area contributed by atoms with Crippen molar-refractivity contribution in [1.82, 2.24) is 0 Å². The molecule has 0 amide bonds. The lowest BCUT2D eigenvalue weighted by atomic mass is 10.1. The van der Waals surface area contributed by atoms with E-state index in [9.17, 15) is 8.42 Å². The lowest BCUT2D eigenvalue weighted by Crippen LogP contribution is -1.87. The Labute approximate surface area is 95.7 Å². The average molecular weight is 319 g/mol.